The Morgan fingerprint density at radius 3 is 2.51 bits per heavy atom. The van der Waals surface area contributed by atoms with Crippen LogP contribution in [-0.2, 0) is 14.3 Å². The lowest BCUT2D eigenvalue weighted by molar-refractivity contribution is -0.253. The molecule has 2 aromatic carbocycles. The molecule has 0 spiro atoms. The number of methoxy groups -OCH3 is 1. The van der Waals surface area contributed by atoms with E-state index in [1.807, 2.05) is 12.1 Å². The fraction of sp³-hybridized carbons (Fsp3) is 0.525. The van der Waals surface area contributed by atoms with Crippen molar-refractivity contribution in [2.45, 2.75) is 62.7 Å². The van der Waals surface area contributed by atoms with Gasteiger partial charge in [-0.25, -0.2) is 4.79 Å². The zero-order valence-corrected chi connectivity index (χ0v) is 31.5. The number of halogens is 1. The standard InChI is InChI=1S/C40H51ClN2O10/c1-5-19-51-40-36(43(2)39(47)50-20-16-41)24-33(42-49-4)31-22-26(10-6-8-17-44)30(11-7-9-18-45)37(38(31)40)32-23-29(13-15-35(32)53-40)52-28-12-14-34(48-3)27(21-28)25-46/h5,12-15,21-23,25-26,30,36-38,44-45H,1,6-11,16-20,24H2,2-4H3/t26-,30+,36-,37+,38+,40+/m0/s1. The van der Waals surface area contributed by atoms with Gasteiger partial charge in [-0.3, -0.25) is 4.79 Å². The van der Waals surface area contributed by atoms with Crippen LogP contribution in [0.1, 0.15) is 66.8 Å². The molecule has 1 fully saturated rings. The number of allylic oxidation sites excluding steroid dienone is 1. The van der Waals surface area contributed by atoms with Gasteiger partial charge in [0.15, 0.2) is 6.29 Å². The van der Waals surface area contributed by atoms with Gasteiger partial charge in [0.1, 0.15) is 42.8 Å². The normalized spacial score (nSPS) is 24.9. The first kappa shape index (κ1) is 40.1. The van der Waals surface area contributed by atoms with Gasteiger partial charge in [-0.15, -0.1) is 18.2 Å². The van der Waals surface area contributed by atoms with Crippen LogP contribution >= 0.6 is 11.6 Å². The Labute approximate surface area is 316 Å². The van der Waals surface area contributed by atoms with Crippen molar-refractivity contribution in [3.05, 3.63) is 71.8 Å². The number of aldehydes is 1. The molecule has 2 N–H and O–H groups in total. The predicted molar refractivity (Wildman–Crippen MR) is 200 cm³/mol. The van der Waals surface area contributed by atoms with Crippen LogP contribution in [0.4, 0.5) is 4.79 Å². The third kappa shape index (κ3) is 8.51. The number of oxime groups is 1. The Morgan fingerprint density at radius 2 is 1.83 bits per heavy atom. The van der Waals surface area contributed by atoms with Crippen LogP contribution in [0.5, 0.6) is 23.0 Å². The first-order chi connectivity index (χ1) is 25.8. The number of benzene rings is 2. The number of alkyl halides is 1. The van der Waals surface area contributed by atoms with E-state index in [9.17, 15) is 19.8 Å². The molecule has 1 heterocycles. The van der Waals surface area contributed by atoms with E-state index in [0.29, 0.717) is 47.1 Å². The van der Waals surface area contributed by atoms with Crippen LogP contribution < -0.4 is 14.2 Å². The average molecular weight is 755 g/mol. The minimum Gasteiger partial charge on any atom is -0.496 e. The van der Waals surface area contributed by atoms with Crippen LogP contribution in [0.15, 0.2) is 65.9 Å². The van der Waals surface area contributed by atoms with Gasteiger partial charge in [-0.05, 0) is 79.5 Å². The van der Waals surface area contributed by atoms with E-state index in [0.717, 1.165) is 43.1 Å². The van der Waals surface area contributed by atoms with Crippen LogP contribution in [0.3, 0.4) is 0 Å². The third-order valence-electron chi connectivity index (χ3n) is 10.5. The average Bonchev–Trinajstić information content (AvgIpc) is 3.17. The molecule has 0 aromatic heterocycles. The quantitative estimate of drug-likeness (QED) is 0.0512. The molecule has 53 heavy (non-hydrogen) atoms. The van der Waals surface area contributed by atoms with Crippen molar-refractivity contribution in [1.82, 2.24) is 4.90 Å². The lowest BCUT2D eigenvalue weighted by atomic mass is 9.55. The number of ether oxygens (including phenoxy) is 5. The molecule has 0 radical (unpaired) electrons. The van der Waals surface area contributed by atoms with Crippen LogP contribution in [-0.4, -0.2) is 98.6 Å². The van der Waals surface area contributed by atoms with Gasteiger partial charge in [0.2, 0.25) is 5.79 Å². The molecule has 1 saturated carbocycles. The number of carbonyl (C=O) groups excluding carboxylic acids is 2. The second-order valence-corrected chi connectivity index (χ2v) is 13.9. The summed E-state index contributed by atoms with van der Waals surface area (Å²) in [5, 5.41) is 24.1. The molecule has 2 aliphatic carbocycles. The molecule has 2 aromatic rings. The summed E-state index contributed by atoms with van der Waals surface area (Å²) in [7, 11) is 4.66. The van der Waals surface area contributed by atoms with Crippen LogP contribution in [0.25, 0.3) is 0 Å². The Balaban J connectivity index is 1.72. The molecule has 6 atom stereocenters. The molecular formula is C40H51ClN2O10. The highest BCUT2D eigenvalue weighted by Crippen LogP contribution is 2.62. The number of amides is 1. The molecule has 1 aliphatic heterocycles. The Morgan fingerprint density at radius 1 is 1.09 bits per heavy atom. The van der Waals surface area contributed by atoms with Crippen molar-refractivity contribution in [2.75, 3.05) is 53.6 Å². The number of rotatable bonds is 19. The van der Waals surface area contributed by atoms with E-state index in [2.05, 4.69) is 17.8 Å². The highest BCUT2D eigenvalue weighted by molar-refractivity contribution is 6.18. The minimum atomic E-state index is -1.40. The highest BCUT2D eigenvalue weighted by Gasteiger charge is 2.65. The van der Waals surface area contributed by atoms with Crippen molar-refractivity contribution in [2.24, 2.45) is 22.9 Å². The number of aliphatic hydroxyl groups excluding tert-OH is 2. The third-order valence-corrected chi connectivity index (χ3v) is 10.6. The fourth-order valence-electron chi connectivity index (χ4n) is 8.26. The summed E-state index contributed by atoms with van der Waals surface area (Å²) in [5.74, 6) is 0.168. The maximum absolute atomic E-state index is 13.5. The molecule has 13 heteroatoms. The highest BCUT2D eigenvalue weighted by atomic mass is 35.5. The largest absolute Gasteiger partial charge is 0.496 e. The second kappa shape index (κ2) is 18.8. The Bertz CT molecular complexity index is 1650. The topological polar surface area (TPSA) is 146 Å². The Hall–Kier alpha value is -4.10. The van der Waals surface area contributed by atoms with E-state index < -0.39 is 23.8 Å². The summed E-state index contributed by atoms with van der Waals surface area (Å²) >= 11 is 5.89. The SMILES string of the molecule is C=CCO[C@@]12Oc3ccc(Oc4ccc(OC)c(C=O)c4)cc3[C@H]3[C@H](CCCCO)[C@@H](CCCCO)C=C(C(=NOC)C[C@@H]1N(C)C(=O)OCCCl)[C@H]32. The summed E-state index contributed by atoms with van der Waals surface area (Å²) in [6, 6.07) is 9.98. The summed E-state index contributed by atoms with van der Waals surface area (Å²) in [5.41, 5.74) is 2.84. The van der Waals surface area contributed by atoms with Gasteiger partial charge in [-0.2, -0.15) is 0 Å². The molecule has 0 unspecified atom stereocenters. The number of hydrogen-bond donors (Lipinski definition) is 2. The molecule has 3 aliphatic rings. The van der Waals surface area contributed by atoms with Crippen molar-refractivity contribution in [3.8, 4) is 23.0 Å². The molecule has 12 nitrogen and oxygen atoms in total. The number of likely N-dealkylation sites (N-methyl/N-ethyl adjacent to an activating group) is 1. The van der Waals surface area contributed by atoms with Crippen LogP contribution in [0.2, 0.25) is 0 Å². The summed E-state index contributed by atoms with van der Waals surface area (Å²) in [6.07, 6.45) is 8.82. The predicted octanol–water partition coefficient (Wildman–Crippen LogP) is 6.87. The van der Waals surface area contributed by atoms with Gasteiger partial charge in [0.25, 0.3) is 0 Å². The first-order valence-electron chi connectivity index (χ1n) is 18.2. The number of hydrogen-bond acceptors (Lipinski definition) is 11. The summed E-state index contributed by atoms with van der Waals surface area (Å²) in [4.78, 5) is 32.2. The van der Waals surface area contributed by atoms with Crippen molar-refractivity contribution >= 4 is 29.7 Å². The summed E-state index contributed by atoms with van der Waals surface area (Å²) < 4.78 is 31.1. The van der Waals surface area contributed by atoms with E-state index in [1.165, 1.54) is 19.1 Å². The molecule has 0 saturated heterocycles. The maximum Gasteiger partial charge on any atom is 0.410 e. The molecule has 288 valence electrons. The molecule has 0 bridgehead atoms. The first-order valence-corrected chi connectivity index (χ1v) is 18.7. The second-order valence-electron chi connectivity index (χ2n) is 13.5. The number of fused-ring (bicyclic) bond motifs is 2. The fourth-order valence-corrected chi connectivity index (χ4v) is 8.34. The van der Waals surface area contributed by atoms with Crippen molar-refractivity contribution in [3.63, 3.8) is 0 Å². The summed E-state index contributed by atoms with van der Waals surface area (Å²) in [6.45, 7) is 4.27. The Kier molecular flexibility index (Phi) is 14.2. The minimum absolute atomic E-state index is 0.0334. The molecule has 1 amide bonds. The number of unbranched alkanes of at least 4 members (excludes halogenated alkanes) is 2. The number of carbonyl (C=O) groups is 2. The zero-order valence-electron chi connectivity index (χ0n) is 30.7. The van der Waals surface area contributed by atoms with E-state index >= 15 is 0 Å². The van der Waals surface area contributed by atoms with E-state index in [1.54, 1.807) is 37.4 Å². The zero-order chi connectivity index (χ0) is 38.0. The maximum atomic E-state index is 13.5. The monoisotopic (exact) mass is 754 g/mol. The van der Waals surface area contributed by atoms with Gasteiger partial charge in [0, 0.05) is 38.2 Å². The molecule has 5 rings (SSSR count). The van der Waals surface area contributed by atoms with Crippen molar-refractivity contribution in [1.29, 1.82) is 0 Å². The lowest BCUT2D eigenvalue weighted by Crippen LogP contribution is -2.69. The smallest absolute Gasteiger partial charge is 0.410 e. The van der Waals surface area contributed by atoms with Gasteiger partial charge < -0.3 is 43.6 Å². The van der Waals surface area contributed by atoms with Gasteiger partial charge >= 0.3 is 6.09 Å². The lowest BCUT2D eigenvalue weighted by Gasteiger charge is -2.59. The van der Waals surface area contributed by atoms with E-state index in [-0.39, 0.29) is 56.5 Å². The number of nitrogens with zero attached hydrogens (tertiary/aromatic N) is 2. The van der Waals surface area contributed by atoms with Crippen LogP contribution in [0, 0.1) is 17.8 Å². The molecular weight excluding hydrogens is 704 g/mol. The van der Waals surface area contributed by atoms with Crippen molar-refractivity contribution < 1.29 is 48.3 Å². The van der Waals surface area contributed by atoms with E-state index in [4.69, 9.17) is 40.1 Å². The number of aliphatic hydroxyl groups is 2. The van der Waals surface area contributed by atoms with Gasteiger partial charge in [-0.1, -0.05) is 30.1 Å². The van der Waals surface area contributed by atoms with Gasteiger partial charge in [0.05, 0.1) is 36.8 Å².